The zero-order chi connectivity index (χ0) is 66.9. The Morgan fingerprint density at radius 3 is 1.51 bits per heavy atom. The summed E-state index contributed by atoms with van der Waals surface area (Å²) in [6.07, 6.45) is -28.2. The topological polar surface area (TPSA) is 471 Å². The van der Waals surface area contributed by atoms with Crippen molar-refractivity contribution >= 4 is 11.7 Å². The molecule has 0 aromatic rings. The molecule has 2 aliphatic heterocycles. The lowest BCUT2D eigenvalue weighted by molar-refractivity contribution is -0.356. The quantitative estimate of drug-likeness (QED) is 0.0148. The van der Waals surface area contributed by atoms with Gasteiger partial charge in [0.15, 0.2) is 11.6 Å². The standard InChI is InChI=1S/C62H115NO24/c1-12-13-14-15-16-17-18-19-38(64)28-62(86)60(84)59(83)57(81)47(87-62)27-46(72)56(80)58(82)55(79)45(71)25-40(66)23-39(65)24-41(67)32(5)50(74)33(6)42(68)26-43(69)34(7)51(75)35(8)52(76)36(9)53(77)44(70)22-30(3)20-29(2)21-31(4)49(73)48-54(78)37(10)63(11)61(48)85/h21,29-30,32-47,50-53,55-60,64-77,79-84,86H,12-20,22-28H2,1-11H3/b31-21+,49-48-/t29-,30+,32-,33-,34-,35+,36-,37+,38+,39+,40-,41+,42-,43+,44+,45-,46-,47+,50+,51+,52+,53+,55-,56+,57+,58+,59-,60-,62-/m0/s1. The van der Waals surface area contributed by atoms with Crippen LogP contribution < -0.4 is 0 Å². The lowest BCUT2D eigenvalue weighted by Crippen LogP contribution is -2.65. The minimum absolute atomic E-state index is 0.112. The van der Waals surface area contributed by atoms with E-state index in [-0.39, 0.29) is 36.7 Å². The maximum Gasteiger partial charge on any atom is 0.261 e. The third-order valence-corrected chi connectivity index (χ3v) is 18.8. The first-order valence-electron chi connectivity index (χ1n) is 31.5. The van der Waals surface area contributed by atoms with E-state index in [9.17, 15) is 117 Å². The Labute approximate surface area is 513 Å². The molecule has 0 aromatic carbocycles. The number of allylic oxidation sites excluding steroid dienone is 2. The van der Waals surface area contributed by atoms with Gasteiger partial charge in [-0.2, -0.15) is 0 Å². The molecule has 25 nitrogen and oxygen atoms in total. The highest BCUT2D eigenvalue weighted by Gasteiger charge is 2.54. The van der Waals surface area contributed by atoms with Gasteiger partial charge in [0, 0.05) is 55.9 Å². The van der Waals surface area contributed by atoms with Gasteiger partial charge in [0.2, 0.25) is 0 Å². The molecule has 2 rings (SSSR count). The van der Waals surface area contributed by atoms with Crippen LogP contribution in [0, 0.1) is 41.4 Å². The largest absolute Gasteiger partial charge is 0.507 e. The number of rotatable bonds is 41. The van der Waals surface area contributed by atoms with Gasteiger partial charge in [0.25, 0.3) is 5.91 Å². The third kappa shape index (κ3) is 23.3. The van der Waals surface area contributed by atoms with Gasteiger partial charge < -0.3 is 117 Å². The van der Waals surface area contributed by atoms with E-state index in [0.717, 1.165) is 38.5 Å². The molecule has 2 fully saturated rings. The highest BCUT2D eigenvalue weighted by atomic mass is 16.7. The van der Waals surface area contributed by atoms with Crippen molar-refractivity contribution < 1.29 is 122 Å². The van der Waals surface area contributed by atoms with Crippen molar-refractivity contribution in [3.8, 4) is 0 Å². The van der Waals surface area contributed by atoms with E-state index in [0.29, 0.717) is 18.4 Å². The highest BCUT2D eigenvalue weighted by Crippen LogP contribution is 2.36. The molecule has 0 bridgehead atoms. The van der Waals surface area contributed by atoms with E-state index < -0.39 is 213 Å². The summed E-state index contributed by atoms with van der Waals surface area (Å²) in [4.78, 5) is 26.4. The SMILES string of the molecule is CCCCCCCCC[C@@H](O)C[C@]1(O)O[C@H](C[C@H](O)[C@@H](O)[C@H](O)[C@@H](O)[C@@H](O)C[C@@H](O)C[C@@H](O)C[C@@H](O)[C@H](C)[C@@H](O)[C@@H](C)[C@@H](O)C[C@@H](O)[C@H](C)[C@@H](O)[C@@H](C)[C@@H](O)[C@H](C)[C@@H](O)[C@H](O)C[C@H](C)C[C@H](C)/C=C(C)/C(O)=C2\C(=O)[C@@H](C)N(C)C2=O)[C@@H](O)[C@H](O)[C@@H]1O. The molecule has 0 spiro atoms. The second-order valence-corrected chi connectivity index (χ2v) is 26.4. The molecule has 1 amide bonds. The number of likely N-dealkylation sites (tertiary alicyclic amines) is 1. The van der Waals surface area contributed by atoms with E-state index in [1.165, 1.54) is 46.6 Å². The number of carbonyl (C=O) groups is 2. The van der Waals surface area contributed by atoms with Crippen molar-refractivity contribution in [2.24, 2.45) is 41.4 Å². The van der Waals surface area contributed by atoms with Crippen molar-refractivity contribution in [2.75, 3.05) is 7.05 Å². The number of nitrogens with zero attached hydrogens (tertiary/aromatic N) is 1. The fourth-order valence-corrected chi connectivity index (χ4v) is 12.3. The van der Waals surface area contributed by atoms with E-state index in [1.54, 1.807) is 19.9 Å². The van der Waals surface area contributed by atoms with E-state index in [4.69, 9.17) is 4.74 Å². The van der Waals surface area contributed by atoms with Crippen LogP contribution in [0.25, 0.3) is 0 Å². The van der Waals surface area contributed by atoms with Gasteiger partial charge in [-0.25, -0.2) is 0 Å². The summed E-state index contributed by atoms with van der Waals surface area (Å²) >= 11 is 0. The molecule has 2 aliphatic rings. The maximum absolute atomic E-state index is 12.6. The Kier molecular flexibility index (Phi) is 34.6. The van der Waals surface area contributed by atoms with Gasteiger partial charge in [0.1, 0.15) is 48.0 Å². The molecule has 2 saturated heterocycles. The zero-order valence-corrected chi connectivity index (χ0v) is 53.1. The Morgan fingerprint density at radius 2 is 0.989 bits per heavy atom. The molecule has 0 saturated carbocycles. The van der Waals surface area contributed by atoms with Crippen LogP contribution in [0.5, 0.6) is 0 Å². The minimum atomic E-state index is -2.59. The second-order valence-electron chi connectivity index (χ2n) is 26.4. The second kappa shape index (κ2) is 37.3. The summed E-state index contributed by atoms with van der Waals surface area (Å²) < 4.78 is 5.50. The van der Waals surface area contributed by atoms with Crippen LogP contribution >= 0.6 is 0 Å². The summed E-state index contributed by atoms with van der Waals surface area (Å²) in [5.41, 5.74) is 0.0730. The van der Waals surface area contributed by atoms with Gasteiger partial charge in [-0.1, -0.05) is 106 Å². The van der Waals surface area contributed by atoms with Crippen LogP contribution in [0.4, 0.5) is 0 Å². The lowest BCUT2D eigenvalue weighted by atomic mass is 9.77. The average molecular weight is 1260 g/mol. The molecule has 0 radical (unpaired) electrons. The predicted molar refractivity (Wildman–Crippen MR) is 318 cm³/mol. The van der Waals surface area contributed by atoms with Crippen LogP contribution in [0.1, 0.15) is 172 Å². The van der Waals surface area contributed by atoms with Gasteiger partial charge in [0.05, 0.1) is 91.5 Å². The summed E-state index contributed by atoms with van der Waals surface area (Å²) in [7, 11) is 1.48. The molecule has 0 unspecified atom stereocenters. The lowest BCUT2D eigenvalue weighted by Gasteiger charge is -2.47. The van der Waals surface area contributed by atoms with Crippen LogP contribution in [-0.4, -0.2) is 265 Å². The first kappa shape index (κ1) is 80.7. The summed E-state index contributed by atoms with van der Waals surface area (Å²) in [6.45, 7) is 16.3. The number of aliphatic hydroxyl groups excluding tert-OH is 20. The first-order valence-corrected chi connectivity index (χ1v) is 31.5. The number of ether oxygens (including phenoxy) is 1. The third-order valence-electron chi connectivity index (χ3n) is 18.8. The number of Topliss-reactive ketones (excluding diaryl/α,β-unsaturated/α-hetero) is 1. The van der Waals surface area contributed by atoms with Crippen molar-refractivity contribution in [3.05, 3.63) is 23.0 Å². The number of amides is 1. The molecule has 512 valence electrons. The fourth-order valence-electron chi connectivity index (χ4n) is 12.3. The van der Waals surface area contributed by atoms with Gasteiger partial charge in [-0.15, -0.1) is 0 Å². The average Bonchev–Trinajstić information content (AvgIpc) is 2.13. The zero-order valence-electron chi connectivity index (χ0n) is 53.1. The number of carbonyl (C=O) groups excluding carboxylic acids is 2. The number of likely N-dealkylation sites (N-methyl/N-ethyl adjacent to an activating group) is 1. The van der Waals surface area contributed by atoms with Crippen molar-refractivity contribution in [3.63, 3.8) is 0 Å². The Morgan fingerprint density at radius 1 is 0.540 bits per heavy atom. The highest BCUT2D eigenvalue weighted by molar-refractivity contribution is 6.26. The number of ketones is 1. The molecule has 2 heterocycles. The monoisotopic (exact) mass is 1260 g/mol. The van der Waals surface area contributed by atoms with Crippen LogP contribution in [0.2, 0.25) is 0 Å². The Balaban J connectivity index is 1.88. The maximum atomic E-state index is 12.6. The van der Waals surface area contributed by atoms with E-state index in [2.05, 4.69) is 6.92 Å². The molecule has 87 heavy (non-hydrogen) atoms. The van der Waals surface area contributed by atoms with Gasteiger partial charge >= 0.3 is 0 Å². The molecule has 0 aliphatic carbocycles. The normalized spacial score (nSPS) is 29.4. The minimum Gasteiger partial charge on any atom is -0.507 e. The number of unbranched alkanes of at least 4 members (excludes halogenated alkanes) is 6. The van der Waals surface area contributed by atoms with Gasteiger partial charge in [-0.3, -0.25) is 9.59 Å². The summed E-state index contributed by atoms with van der Waals surface area (Å²) in [6, 6.07) is -0.694. The van der Waals surface area contributed by atoms with E-state index in [1.807, 2.05) is 13.8 Å². The smallest absolute Gasteiger partial charge is 0.261 e. The van der Waals surface area contributed by atoms with Crippen LogP contribution in [-0.2, 0) is 14.3 Å². The molecule has 0 aromatic heterocycles. The van der Waals surface area contributed by atoms with Crippen molar-refractivity contribution in [2.45, 2.75) is 306 Å². The van der Waals surface area contributed by atoms with Gasteiger partial charge in [-0.05, 0) is 69.8 Å². The van der Waals surface area contributed by atoms with Crippen molar-refractivity contribution in [1.82, 2.24) is 4.90 Å². The molecule has 21 N–H and O–H groups in total. The fraction of sp³-hybridized carbons (Fsp3) is 0.903. The summed E-state index contributed by atoms with van der Waals surface area (Å²) in [5, 5.41) is 229. The molecular weight excluding hydrogens is 1140 g/mol. The number of hydrogen-bond donors (Lipinski definition) is 21. The molecule has 25 heteroatoms. The van der Waals surface area contributed by atoms with Crippen molar-refractivity contribution in [1.29, 1.82) is 0 Å². The Bertz CT molecular complexity index is 2050. The number of hydrogen-bond acceptors (Lipinski definition) is 24. The van der Waals surface area contributed by atoms with Crippen LogP contribution in [0.15, 0.2) is 23.0 Å². The number of aliphatic hydroxyl groups is 21. The summed E-state index contributed by atoms with van der Waals surface area (Å²) in [5.74, 6) is -9.32. The predicted octanol–water partition coefficient (Wildman–Crippen LogP) is -1.17. The van der Waals surface area contributed by atoms with E-state index >= 15 is 0 Å². The Hall–Kier alpha value is -2.42. The van der Waals surface area contributed by atoms with Crippen LogP contribution in [0.3, 0.4) is 0 Å². The first-order chi connectivity index (χ1) is 40.3. The molecule has 29 atom stereocenters. The molecular formula is C62H115NO24.